The Labute approximate surface area is 127 Å². The highest BCUT2D eigenvalue weighted by Gasteiger charge is 2.19. The average Bonchev–Trinajstić information content (AvgIpc) is 2.83. The van der Waals surface area contributed by atoms with Gasteiger partial charge in [0.05, 0.1) is 0 Å². The van der Waals surface area contributed by atoms with Crippen molar-refractivity contribution in [1.82, 2.24) is 10.2 Å². The van der Waals surface area contributed by atoms with E-state index in [1.807, 2.05) is 30.0 Å². The summed E-state index contributed by atoms with van der Waals surface area (Å²) in [5.41, 5.74) is 1.65. The summed E-state index contributed by atoms with van der Waals surface area (Å²) in [6, 6.07) is 5.67. The number of carbonyl (C=O) groups is 2. The summed E-state index contributed by atoms with van der Waals surface area (Å²) in [7, 11) is 0. The van der Waals surface area contributed by atoms with Crippen LogP contribution in [0.4, 0.5) is 0 Å². The molecule has 20 heavy (non-hydrogen) atoms. The molecular weight excluding hydrogens is 320 g/mol. The maximum absolute atomic E-state index is 12.1. The van der Waals surface area contributed by atoms with Crippen molar-refractivity contribution < 1.29 is 9.59 Å². The molecule has 1 heterocycles. The van der Waals surface area contributed by atoms with Crippen molar-refractivity contribution in [2.45, 2.75) is 26.2 Å². The molecule has 2 amide bonds. The smallest absolute Gasteiger partial charge is 0.251 e. The van der Waals surface area contributed by atoms with Crippen LogP contribution in [0.1, 0.15) is 35.2 Å². The predicted octanol–water partition coefficient (Wildman–Crippen LogP) is 2.50. The first-order valence-corrected chi connectivity index (χ1v) is 7.69. The van der Waals surface area contributed by atoms with Crippen molar-refractivity contribution in [3.8, 4) is 0 Å². The van der Waals surface area contributed by atoms with Gasteiger partial charge in [-0.15, -0.1) is 0 Å². The van der Waals surface area contributed by atoms with Crippen LogP contribution in [0.15, 0.2) is 22.7 Å². The number of benzene rings is 1. The molecule has 1 aromatic carbocycles. The molecule has 0 unspecified atom stereocenters. The minimum Gasteiger partial charge on any atom is -0.352 e. The number of nitrogens with zero attached hydrogens (tertiary/aromatic N) is 1. The Morgan fingerprint density at radius 1 is 1.45 bits per heavy atom. The average molecular weight is 339 g/mol. The van der Waals surface area contributed by atoms with Crippen LogP contribution in [0.3, 0.4) is 0 Å². The van der Waals surface area contributed by atoms with Crippen LogP contribution in [0.25, 0.3) is 0 Å². The molecule has 0 aliphatic carbocycles. The number of amides is 2. The van der Waals surface area contributed by atoms with Gasteiger partial charge in [0, 0.05) is 36.1 Å². The van der Waals surface area contributed by atoms with Gasteiger partial charge in [0.2, 0.25) is 5.91 Å². The maximum Gasteiger partial charge on any atom is 0.251 e. The van der Waals surface area contributed by atoms with E-state index >= 15 is 0 Å². The van der Waals surface area contributed by atoms with Gasteiger partial charge in [-0.3, -0.25) is 9.59 Å². The first kappa shape index (κ1) is 15.0. The molecule has 0 spiro atoms. The molecule has 4 nitrogen and oxygen atoms in total. The van der Waals surface area contributed by atoms with E-state index in [1.54, 1.807) is 0 Å². The summed E-state index contributed by atoms with van der Waals surface area (Å²) in [6.45, 7) is 4.10. The second kappa shape index (κ2) is 6.88. The van der Waals surface area contributed by atoms with Gasteiger partial charge in [-0.2, -0.15) is 0 Å². The van der Waals surface area contributed by atoms with E-state index in [1.165, 1.54) is 0 Å². The molecule has 0 bridgehead atoms. The number of hydrogen-bond acceptors (Lipinski definition) is 2. The highest BCUT2D eigenvalue weighted by atomic mass is 79.9. The Morgan fingerprint density at radius 3 is 2.95 bits per heavy atom. The van der Waals surface area contributed by atoms with Gasteiger partial charge in [0.15, 0.2) is 0 Å². The third kappa shape index (κ3) is 3.82. The van der Waals surface area contributed by atoms with Crippen LogP contribution in [-0.2, 0) is 4.79 Å². The molecule has 108 valence electrons. The van der Waals surface area contributed by atoms with Crippen LogP contribution in [0, 0.1) is 6.92 Å². The Balaban J connectivity index is 1.77. The molecule has 0 radical (unpaired) electrons. The number of halogens is 1. The molecule has 0 saturated carbocycles. The van der Waals surface area contributed by atoms with Crippen molar-refractivity contribution in [2.24, 2.45) is 0 Å². The van der Waals surface area contributed by atoms with E-state index in [4.69, 9.17) is 0 Å². The van der Waals surface area contributed by atoms with Crippen LogP contribution < -0.4 is 5.32 Å². The topological polar surface area (TPSA) is 49.4 Å². The molecule has 0 atom stereocenters. The summed E-state index contributed by atoms with van der Waals surface area (Å²) in [4.78, 5) is 25.4. The van der Waals surface area contributed by atoms with Crippen molar-refractivity contribution in [3.63, 3.8) is 0 Å². The lowest BCUT2D eigenvalue weighted by molar-refractivity contribution is -0.127. The van der Waals surface area contributed by atoms with Crippen molar-refractivity contribution in [1.29, 1.82) is 0 Å². The summed E-state index contributed by atoms with van der Waals surface area (Å²) in [6.07, 6.45) is 2.43. The van der Waals surface area contributed by atoms with Crippen LogP contribution in [0.5, 0.6) is 0 Å². The van der Waals surface area contributed by atoms with Gasteiger partial charge in [-0.25, -0.2) is 0 Å². The third-order valence-electron chi connectivity index (χ3n) is 3.51. The Hall–Kier alpha value is -1.36. The molecule has 1 fully saturated rings. The van der Waals surface area contributed by atoms with Gasteiger partial charge in [0.1, 0.15) is 0 Å². The third-order valence-corrected chi connectivity index (χ3v) is 4.00. The lowest BCUT2D eigenvalue weighted by Gasteiger charge is -2.15. The van der Waals surface area contributed by atoms with Crippen LogP contribution in [0.2, 0.25) is 0 Å². The minimum absolute atomic E-state index is 0.0588. The lowest BCUT2D eigenvalue weighted by Crippen LogP contribution is -2.30. The SMILES string of the molecule is Cc1ccc(Br)cc1C(=O)NCCCN1CCCC1=O. The van der Waals surface area contributed by atoms with Crippen molar-refractivity contribution in [2.75, 3.05) is 19.6 Å². The normalized spacial score (nSPS) is 14.7. The van der Waals surface area contributed by atoms with E-state index in [0.717, 1.165) is 36.0 Å². The summed E-state index contributed by atoms with van der Waals surface area (Å²) >= 11 is 3.37. The highest BCUT2D eigenvalue weighted by molar-refractivity contribution is 9.10. The van der Waals surface area contributed by atoms with E-state index in [-0.39, 0.29) is 11.8 Å². The van der Waals surface area contributed by atoms with Gasteiger partial charge >= 0.3 is 0 Å². The summed E-state index contributed by atoms with van der Waals surface area (Å²) in [5.74, 6) is 0.177. The Bertz CT molecular complexity index is 517. The fourth-order valence-corrected chi connectivity index (χ4v) is 2.71. The maximum atomic E-state index is 12.1. The van der Waals surface area contributed by atoms with Gasteiger partial charge < -0.3 is 10.2 Å². The fourth-order valence-electron chi connectivity index (χ4n) is 2.35. The van der Waals surface area contributed by atoms with E-state index in [9.17, 15) is 9.59 Å². The summed E-state index contributed by atoms with van der Waals surface area (Å²) in [5, 5.41) is 2.91. The van der Waals surface area contributed by atoms with Gasteiger partial charge in [-0.05, 0) is 37.5 Å². The quantitative estimate of drug-likeness (QED) is 0.838. The van der Waals surface area contributed by atoms with Crippen molar-refractivity contribution in [3.05, 3.63) is 33.8 Å². The molecule has 2 rings (SSSR count). The first-order chi connectivity index (χ1) is 9.58. The molecular formula is C15H19BrN2O2. The zero-order valence-corrected chi connectivity index (χ0v) is 13.2. The number of hydrogen-bond donors (Lipinski definition) is 1. The number of carbonyl (C=O) groups excluding carboxylic acids is 2. The molecule has 0 aromatic heterocycles. The zero-order valence-electron chi connectivity index (χ0n) is 11.6. The number of rotatable bonds is 5. The molecule has 1 N–H and O–H groups in total. The van der Waals surface area contributed by atoms with E-state index in [2.05, 4.69) is 21.2 Å². The largest absolute Gasteiger partial charge is 0.352 e. The Morgan fingerprint density at radius 2 is 2.25 bits per heavy atom. The molecule has 5 heteroatoms. The second-order valence-electron chi connectivity index (χ2n) is 5.05. The summed E-state index contributed by atoms with van der Waals surface area (Å²) < 4.78 is 0.899. The number of aryl methyl sites for hydroxylation is 1. The second-order valence-corrected chi connectivity index (χ2v) is 5.97. The zero-order chi connectivity index (χ0) is 14.5. The lowest BCUT2D eigenvalue weighted by atomic mass is 10.1. The Kier molecular flexibility index (Phi) is 5.17. The molecule has 1 aliphatic heterocycles. The molecule has 1 aromatic rings. The molecule has 1 saturated heterocycles. The first-order valence-electron chi connectivity index (χ1n) is 6.90. The number of nitrogens with one attached hydrogen (secondary N) is 1. The monoisotopic (exact) mass is 338 g/mol. The molecule has 1 aliphatic rings. The highest BCUT2D eigenvalue weighted by Crippen LogP contribution is 2.16. The number of likely N-dealkylation sites (tertiary alicyclic amines) is 1. The van der Waals surface area contributed by atoms with Gasteiger partial charge in [0.25, 0.3) is 5.91 Å². The van der Waals surface area contributed by atoms with Crippen molar-refractivity contribution >= 4 is 27.7 Å². The van der Waals surface area contributed by atoms with Gasteiger partial charge in [-0.1, -0.05) is 22.0 Å². The minimum atomic E-state index is -0.0588. The standard InChI is InChI=1S/C15H19BrN2O2/c1-11-5-6-12(16)10-13(11)15(20)17-7-3-9-18-8-2-4-14(18)19/h5-6,10H,2-4,7-9H2,1H3,(H,17,20). The van der Waals surface area contributed by atoms with Crippen LogP contribution >= 0.6 is 15.9 Å². The van der Waals surface area contributed by atoms with Crippen LogP contribution in [-0.4, -0.2) is 36.3 Å². The van der Waals surface area contributed by atoms with E-state index < -0.39 is 0 Å². The predicted molar refractivity (Wildman–Crippen MR) is 81.6 cm³/mol. The van der Waals surface area contributed by atoms with E-state index in [0.29, 0.717) is 18.5 Å². The fraction of sp³-hybridized carbons (Fsp3) is 0.467.